The molecule has 2 nitrogen and oxygen atoms in total. The number of hydrogen-bond donors (Lipinski definition) is 1. The Labute approximate surface area is 90.9 Å². The number of nitrogens with two attached hydrogens (primary N) is 1. The van der Waals surface area contributed by atoms with E-state index in [1.54, 1.807) is 12.1 Å². The van der Waals surface area contributed by atoms with Gasteiger partial charge in [0.1, 0.15) is 0 Å². The molecule has 70 valence electrons. The Kier molecular flexibility index (Phi) is 3.75. The van der Waals surface area contributed by atoms with Crippen LogP contribution in [-0.2, 0) is 0 Å². The van der Waals surface area contributed by atoms with Crippen molar-refractivity contribution in [2.75, 3.05) is 0 Å². The van der Waals surface area contributed by atoms with E-state index in [1.807, 2.05) is 13.0 Å². The van der Waals surface area contributed by atoms with Crippen molar-refractivity contribution < 1.29 is 0 Å². The largest absolute Gasteiger partial charge is 0.387 e. The average Bonchev–Trinajstić information content (AvgIpc) is 2.09. The van der Waals surface area contributed by atoms with Crippen LogP contribution in [0.25, 0.3) is 0 Å². The van der Waals surface area contributed by atoms with Crippen LogP contribution in [0.2, 0.25) is 5.02 Å². The minimum absolute atomic E-state index is 0.614. The van der Waals surface area contributed by atoms with E-state index < -0.39 is 0 Å². The van der Waals surface area contributed by atoms with Crippen LogP contribution < -0.4 is 5.73 Å². The Morgan fingerprint density at radius 1 is 1.62 bits per heavy atom. The second-order valence-electron chi connectivity index (χ2n) is 2.55. The first kappa shape index (κ1) is 10.5. The summed E-state index contributed by atoms with van der Waals surface area (Å²) in [6.45, 7) is 1.96. The molecule has 0 atom stereocenters. The van der Waals surface area contributed by atoms with Crippen molar-refractivity contribution in [1.82, 2.24) is 0 Å². The van der Waals surface area contributed by atoms with Gasteiger partial charge in [-0.25, -0.2) is 4.99 Å². The molecule has 0 spiro atoms. The van der Waals surface area contributed by atoms with Gasteiger partial charge in [-0.2, -0.15) is 0 Å². The molecule has 0 aliphatic rings. The van der Waals surface area contributed by atoms with Crippen molar-refractivity contribution in [3.05, 3.63) is 27.7 Å². The van der Waals surface area contributed by atoms with Crippen LogP contribution in [0.5, 0.6) is 0 Å². The molecule has 13 heavy (non-hydrogen) atoms. The van der Waals surface area contributed by atoms with Crippen LogP contribution in [-0.4, -0.2) is 5.84 Å². The Morgan fingerprint density at radius 3 is 2.85 bits per heavy atom. The zero-order chi connectivity index (χ0) is 9.84. The molecule has 0 aliphatic carbocycles. The molecular formula is C9H10BrClN2. The molecule has 0 aliphatic heterocycles. The summed E-state index contributed by atoms with van der Waals surface area (Å²) in [5, 5.41) is 0.681. The van der Waals surface area contributed by atoms with Gasteiger partial charge in [0.05, 0.1) is 11.5 Å². The van der Waals surface area contributed by atoms with E-state index in [-0.39, 0.29) is 0 Å². The maximum Gasteiger partial charge on any atom is 0.0994 e. The van der Waals surface area contributed by atoms with Gasteiger partial charge in [-0.1, -0.05) is 18.5 Å². The molecular weight excluding hydrogens is 251 g/mol. The molecule has 0 aromatic heterocycles. The van der Waals surface area contributed by atoms with Crippen LogP contribution in [0.4, 0.5) is 5.69 Å². The highest BCUT2D eigenvalue weighted by Crippen LogP contribution is 2.28. The summed E-state index contributed by atoms with van der Waals surface area (Å²) in [7, 11) is 0. The highest BCUT2D eigenvalue weighted by atomic mass is 79.9. The van der Waals surface area contributed by atoms with E-state index in [0.717, 1.165) is 16.6 Å². The molecule has 0 amide bonds. The predicted octanol–water partition coefficient (Wildman–Crippen LogP) is 3.50. The molecule has 1 aromatic carbocycles. The number of aliphatic imine (C=N–C) groups is 1. The minimum Gasteiger partial charge on any atom is -0.387 e. The Bertz CT molecular complexity index is 336. The van der Waals surface area contributed by atoms with Crippen LogP contribution >= 0.6 is 27.5 Å². The SMILES string of the molecule is CCC(N)=Nc1ccc(Cl)cc1Br. The third kappa shape index (κ3) is 3.01. The highest BCUT2D eigenvalue weighted by Gasteiger charge is 1.99. The summed E-state index contributed by atoms with van der Waals surface area (Å²) in [6, 6.07) is 5.41. The molecule has 2 N–H and O–H groups in total. The molecule has 0 unspecified atom stereocenters. The van der Waals surface area contributed by atoms with Crippen LogP contribution in [0, 0.1) is 0 Å². The number of rotatable bonds is 2. The second kappa shape index (κ2) is 4.63. The number of hydrogen-bond acceptors (Lipinski definition) is 1. The summed E-state index contributed by atoms with van der Waals surface area (Å²) < 4.78 is 0.858. The summed E-state index contributed by atoms with van der Waals surface area (Å²) in [5.74, 6) is 0.614. The number of benzene rings is 1. The molecule has 0 bridgehead atoms. The predicted molar refractivity (Wildman–Crippen MR) is 60.7 cm³/mol. The van der Waals surface area contributed by atoms with Crippen LogP contribution in [0.15, 0.2) is 27.7 Å². The monoisotopic (exact) mass is 260 g/mol. The zero-order valence-electron chi connectivity index (χ0n) is 7.22. The molecule has 4 heteroatoms. The second-order valence-corrected chi connectivity index (χ2v) is 3.84. The molecule has 1 aromatic rings. The Morgan fingerprint density at radius 2 is 2.31 bits per heavy atom. The highest BCUT2D eigenvalue weighted by molar-refractivity contribution is 9.10. The third-order valence-electron chi connectivity index (χ3n) is 1.54. The number of amidine groups is 1. The van der Waals surface area contributed by atoms with Gasteiger partial charge >= 0.3 is 0 Å². The van der Waals surface area contributed by atoms with Gasteiger partial charge in [0.15, 0.2) is 0 Å². The van der Waals surface area contributed by atoms with Gasteiger partial charge in [-0.3, -0.25) is 0 Å². The Hall–Kier alpha value is -0.540. The topological polar surface area (TPSA) is 38.4 Å². The summed E-state index contributed by atoms with van der Waals surface area (Å²) in [6.07, 6.45) is 0.745. The summed E-state index contributed by atoms with van der Waals surface area (Å²) >= 11 is 9.14. The van der Waals surface area contributed by atoms with Gasteiger partial charge in [0.2, 0.25) is 0 Å². The number of halogens is 2. The van der Waals surface area contributed by atoms with Gasteiger partial charge < -0.3 is 5.73 Å². The van der Waals surface area contributed by atoms with E-state index in [4.69, 9.17) is 17.3 Å². The lowest BCUT2D eigenvalue weighted by atomic mass is 10.3. The smallest absolute Gasteiger partial charge is 0.0994 e. The quantitative estimate of drug-likeness (QED) is 0.642. The number of nitrogens with zero attached hydrogens (tertiary/aromatic N) is 1. The Balaban J connectivity index is 3.03. The molecule has 0 radical (unpaired) electrons. The van der Waals surface area contributed by atoms with Crippen molar-refractivity contribution in [2.24, 2.45) is 10.7 Å². The van der Waals surface area contributed by atoms with E-state index >= 15 is 0 Å². The molecule has 0 fully saturated rings. The summed E-state index contributed by atoms with van der Waals surface area (Å²) in [4.78, 5) is 4.21. The fourth-order valence-electron chi connectivity index (χ4n) is 0.806. The van der Waals surface area contributed by atoms with E-state index in [9.17, 15) is 0 Å². The van der Waals surface area contributed by atoms with E-state index in [1.165, 1.54) is 0 Å². The van der Waals surface area contributed by atoms with Crippen molar-refractivity contribution in [3.63, 3.8) is 0 Å². The zero-order valence-corrected chi connectivity index (χ0v) is 9.56. The van der Waals surface area contributed by atoms with Crippen molar-refractivity contribution in [3.8, 4) is 0 Å². The van der Waals surface area contributed by atoms with Crippen molar-refractivity contribution >= 4 is 39.1 Å². The molecule has 0 saturated heterocycles. The van der Waals surface area contributed by atoms with Crippen LogP contribution in [0.1, 0.15) is 13.3 Å². The fraction of sp³-hybridized carbons (Fsp3) is 0.222. The fourth-order valence-corrected chi connectivity index (χ4v) is 1.58. The molecule has 1 rings (SSSR count). The lowest BCUT2D eigenvalue weighted by molar-refractivity contribution is 1.23. The standard InChI is InChI=1S/C9H10BrClN2/c1-2-9(12)13-8-4-3-6(11)5-7(8)10/h3-5H,2H2,1H3,(H2,12,13). The molecule has 0 saturated carbocycles. The van der Waals surface area contributed by atoms with Gasteiger partial charge in [-0.15, -0.1) is 0 Å². The van der Waals surface area contributed by atoms with E-state index in [0.29, 0.717) is 10.9 Å². The van der Waals surface area contributed by atoms with Crippen LogP contribution in [0.3, 0.4) is 0 Å². The molecule has 0 heterocycles. The minimum atomic E-state index is 0.614. The first-order valence-corrected chi connectivity index (χ1v) is 5.08. The first-order chi connectivity index (χ1) is 6.13. The van der Waals surface area contributed by atoms with Crippen molar-refractivity contribution in [1.29, 1.82) is 0 Å². The van der Waals surface area contributed by atoms with E-state index in [2.05, 4.69) is 20.9 Å². The van der Waals surface area contributed by atoms with Gasteiger partial charge in [0, 0.05) is 15.9 Å². The first-order valence-electron chi connectivity index (χ1n) is 3.91. The van der Waals surface area contributed by atoms with Crippen molar-refractivity contribution in [2.45, 2.75) is 13.3 Å². The van der Waals surface area contributed by atoms with Gasteiger partial charge in [-0.05, 0) is 34.1 Å². The summed E-state index contributed by atoms with van der Waals surface area (Å²) in [5.41, 5.74) is 6.42. The van der Waals surface area contributed by atoms with Gasteiger partial charge in [0.25, 0.3) is 0 Å². The maximum atomic E-state index is 5.78. The normalized spacial score (nSPS) is 11.8. The lowest BCUT2D eigenvalue weighted by Gasteiger charge is -2.00. The average molecular weight is 262 g/mol. The lowest BCUT2D eigenvalue weighted by Crippen LogP contribution is -2.08. The third-order valence-corrected chi connectivity index (χ3v) is 2.41. The maximum absolute atomic E-state index is 5.78.